The van der Waals surface area contributed by atoms with Gasteiger partial charge >= 0.3 is 5.69 Å². The van der Waals surface area contributed by atoms with Crippen LogP contribution in [0, 0.1) is 0 Å². The van der Waals surface area contributed by atoms with Gasteiger partial charge in [0.05, 0.1) is 11.0 Å². The molecule has 9 aromatic rings. The van der Waals surface area contributed by atoms with Crippen molar-refractivity contribution in [2.45, 2.75) is 6.17 Å². The maximum atomic E-state index is 12.9. The Hall–Kier alpha value is -7.31. The predicted molar refractivity (Wildman–Crippen MR) is 231 cm³/mol. The first-order valence-electron chi connectivity index (χ1n) is 18.9. The molecule has 1 aromatic heterocycles. The zero-order valence-corrected chi connectivity index (χ0v) is 31.0. The topological polar surface area (TPSA) is 63.7 Å². The molecule has 0 spiro atoms. The smallest absolute Gasteiger partial charge is 0.328 e. The van der Waals surface area contributed by atoms with Crippen molar-refractivity contribution < 1.29 is 0 Å². The maximum absolute atomic E-state index is 12.9. The number of hydrogen-bond acceptors (Lipinski definition) is 4. The average molecular weight is 724 g/mol. The van der Waals surface area contributed by atoms with Gasteiger partial charge in [0.25, 0.3) is 0 Å². The van der Waals surface area contributed by atoms with E-state index in [2.05, 4.69) is 169 Å². The van der Waals surface area contributed by atoms with Crippen LogP contribution < -0.4 is 11.0 Å². The average Bonchev–Trinajstić information content (AvgIpc) is 3.48. The summed E-state index contributed by atoms with van der Waals surface area (Å²) in [6.07, 6.45) is -0.333. The Balaban J connectivity index is 1.16. The highest BCUT2D eigenvalue weighted by molar-refractivity contribution is 6.24. The number of aliphatic imine (C=N–C) groups is 2. The molecule has 1 atom stereocenters. The largest absolute Gasteiger partial charge is 0.344 e. The summed E-state index contributed by atoms with van der Waals surface area (Å²) >= 11 is 0. The first-order valence-corrected chi connectivity index (χ1v) is 18.9. The highest BCUT2D eigenvalue weighted by atomic mass is 16.1. The fourth-order valence-electron chi connectivity index (χ4n) is 8.26. The van der Waals surface area contributed by atoms with E-state index in [0.717, 1.165) is 82.9 Å². The second-order valence-corrected chi connectivity index (χ2v) is 14.3. The van der Waals surface area contributed by atoms with E-state index in [1.54, 1.807) is 9.13 Å². The summed E-state index contributed by atoms with van der Waals surface area (Å²) in [4.78, 5) is 23.4. The lowest BCUT2D eigenvalue weighted by Gasteiger charge is -2.25. The zero-order chi connectivity index (χ0) is 37.8. The molecule has 1 aliphatic heterocycles. The van der Waals surface area contributed by atoms with E-state index in [9.17, 15) is 4.79 Å². The van der Waals surface area contributed by atoms with E-state index in [0.29, 0.717) is 5.84 Å². The number of aromatic nitrogens is 2. The van der Waals surface area contributed by atoms with Gasteiger partial charge in [-0.2, -0.15) is 0 Å². The summed E-state index contributed by atoms with van der Waals surface area (Å²) in [5.41, 5.74) is 11.5. The molecule has 6 heteroatoms. The molecule has 268 valence electrons. The third kappa shape index (κ3) is 5.54. The lowest BCUT2D eigenvalue weighted by atomic mass is 9.84. The van der Waals surface area contributed by atoms with Crippen molar-refractivity contribution in [1.82, 2.24) is 14.5 Å². The number of nitrogens with zero attached hydrogens (tertiary/aromatic N) is 4. The molecule has 8 aromatic carbocycles. The molecule has 1 unspecified atom stereocenters. The van der Waals surface area contributed by atoms with Crippen LogP contribution in [-0.2, 0) is 14.1 Å². The number of aryl methyl sites for hydroxylation is 2. The molecule has 0 bridgehead atoms. The van der Waals surface area contributed by atoms with Gasteiger partial charge in [0, 0.05) is 25.2 Å². The third-order valence-corrected chi connectivity index (χ3v) is 11.1. The summed E-state index contributed by atoms with van der Waals surface area (Å²) in [5, 5.41) is 8.27. The van der Waals surface area contributed by atoms with Crippen molar-refractivity contribution in [3.63, 3.8) is 0 Å². The Bertz CT molecular complexity index is 3030. The van der Waals surface area contributed by atoms with Gasteiger partial charge in [0.2, 0.25) is 0 Å². The van der Waals surface area contributed by atoms with Gasteiger partial charge in [-0.1, -0.05) is 164 Å². The fraction of sp³-hybridized carbons (Fsp3) is 0.0600. The van der Waals surface area contributed by atoms with Gasteiger partial charge in [-0.25, -0.2) is 14.8 Å². The van der Waals surface area contributed by atoms with Crippen molar-refractivity contribution >= 4 is 44.2 Å². The van der Waals surface area contributed by atoms with Gasteiger partial charge < -0.3 is 5.32 Å². The Morgan fingerprint density at radius 3 is 1.64 bits per heavy atom. The van der Waals surface area contributed by atoms with Crippen molar-refractivity contribution in [3.05, 3.63) is 203 Å². The van der Waals surface area contributed by atoms with Crippen molar-refractivity contribution in [2.24, 2.45) is 24.1 Å². The summed E-state index contributed by atoms with van der Waals surface area (Å²) < 4.78 is 3.43. The standard InChI is InChI=1S/C50H37N5O/c1-54-43-30-29-36(31-44(43)55(2)50(54)56)45-37-19-9-11-21-39(37)46(40-22-12-10-20-38(40)45)41-23-13-14-24-42(41)49-52-47(34-17-7-4-8-18-34)51-48(53-49)35-27-25-33(26-28-35)32-15-5-3-6-16-32/h3-31,47H,1-2H3,(H,51,52,53). The molecule has 0 aliphatic carbocycles. The number of rotatable bonds is 6. The molecule has 0 amide bonds. The number of nitrogens with one attached hydrogen (secondary N) is 1. The summed E-state index contributed by atoms with van der Waals surface area (Å²) in [5.74, 6) is 1.44. The molecule has 1 aliphatic rings. The molecule has 2 heterocycles. The van der Waals surface area contributed by atoms with Crippen molar-refractivity contribution in [3.8, 4) is 33.4 Å². The zero-order valence-electron chi connectivity index (χ0n) is 31.0. The minimum atomic E-state index is -0.333. The SMILES string of the molecule is Cn1c(=O)n(C)c2cc(-c3c4ccccc4c(-c4ccccc4C4=NC(c5ccc(-c6ccccc6)cc5)=NC(c5ccccc5)N4)c4ccccc34)ccc21. The maximum Gasteiger partial charge on any atom is 0.328 e. The quantitative estimate of drug-likeness (QED) is 0.174. The Morgan fingerprint density at radius 1 is 0.482 bits per heavy atom. The molecule has 0 radical (unpaired) electrons. The number of amidine groups is 2. The summed E-state index contributed by atoms with van der Waals surface area (Å²) in [6.45, 7) is 0. The lowest BCUT2D eigenvalue weighted by Crippen LogP contribution is -2.34. The predicted octanol–water partition coefficient (Wildman–Crippen LogP) is 10.7. The van der Waals surface area contributed by atoms with Crippen LogP contribution in [0.25, 0.3) is 66.0 Å². The van der Waals surface area contributed by atoms with Gasteiger partial charge in [0.1, 0.15) is 12.0 Å². The molecular weight excluding hydrogens is 687 g/mol. The minimum Gasteiger partial charge on any atom is -0.344 e. The van der Waals surface area contributed by atoms with Crippen LogP contribution in [0.4, 0.5) is 0 Å². The second-order valence-electron chi connectivity index (χ2n) is 14.3. The highest BCUT2D eigenvalue weighted by Gasteiger charge is 2.25. The van der Waals surface area contributed by atoms with E-state index in [1.807, 2.05) is 26.2 Å². The first-order chi connectivity index (χ1) is 27.5. The van der Waals surface area contributed by atoms with Crippen LogP contribution in [0.5, 0.6) is 0 Å². The Kier molecular flexibility index (Phi) is 8.03. The van der Waals surface area contributed by atoms with E-state index >= 15 is 0 Å². The van der Waals surface area contributed by atoms with Crippen molar-refractivity contribution in [2.75, 3.05) is 0 Å². The molecule has 10 rings (SSSR count). The van der Waals surface area contributed by atoms with Crippen LogP contribution in [0.1, 0.15) is 22.9 Å². The third-order valence-electron chi connectivity index (χ3n) is 11.1. The van der Waals surface area contributed by atoms with Crippen LogP contribution in [0.15, 0.2) is 191 Å². The highest BCUT2D eigenvalue weighted by Crippen LogP contribution is 2.45. The summed E-state index contributed by atoms with van der Waals surface area (Å²) in [6, 6.07) is 61.5. The molecule has 6 nitrogen and oxygen atoms in total. The van der Waals surface area contributed by atoms with Crippen LogP contribution in [-0.4, -0.2) is 20.8 Å². The second kappa shape index (κ2) is 13.5. The Labute approximate surface area is 324 Å². The first kappa shape index (κ1) is 33.3. The molecule has 0 saturated heterocycles. The molecule has 56 heavy (non-hydrogen) atoms. The van der Waals surface area contributed by atoms with Gasteiger partial charge in [0.15, 0.2) is 5.84 Å². The monoisotopic (exact) mass is 723 g/mol. The van der Waals surface area contributed by atoms with E-state index < -0.39 is 0 Å². The summed E-state index contributed by atoms with van der Waals surface area (Å²) in [7, 11) is 3.66. The lowest BCUT2D eigenvalue weighted by molar-refractivity contribution is 0.674. The number of benzene rings is 8. The van der Waals surface area contributed by atoms with Crippen LogP contribution >= 0.6 is 0 Å². The van der Waals surface area contributed by atoms with Crippen molar-refractivity contribution in [1.29, 1.82) is 0 Å². The Morgan fingerprint density at radius 2 is 0.982 bits per heavy atom. The molecular formula is C50H37N5O. The molecule has 0 saturated carbocycles. The fourth-order valence-corrected chi connectivity index (χ4v) is 8.26. The van der Waals surface area contributed by atoms with E-state index in [1.165, 1.54) is 5.56 Å². The number of imidazole rings is 1. The van der Waals surface area contributed by atoms with E-state index in [4.69, 9.17) is 9.98 Å². The van der Waals surface area contributed by atoms with E-state index in [-0.39, 0.29) is 11.9 Å². The minimum absolute atomic E-state index is 0.0371. The van der Waals surface area contributed by atoms with Crippen LogP contribution in [0.3, 0.4) is 0 Å². The van der Waals surface area contributed by atoms with Crippen LogP contribution in [0.2, 0.25) is 0 Å². The molecule has 0 fully saturated rings. The normalized spacial score (nSPS) is 14.1. The van der Waals surface area contributed by atoms with Gasteiger partial charge in [-0.3, -0.25) is 9.13 Å². The number of fused-ring (bicyclic) bond motifs is 3. The molecule has 1 N–H and O–H groups in total. The number of hydrogen-bond donors (Lipinski definition) is 1. The van der Waals surface area contributed by atoms with Gasteiger partial charge in [-0.05, 0) is 72.6 Å². The van der Waals surface area contributed by atoms with Gasteiger partial charge in [-0.15, -0.1) is 0 Å².